The van der Waals surface area contributed by atoms with Crippen LogP contribution in [-0.2, 0) is 0 Å². The molecule has 0 aliphatic carbocycles. The third-order valence-corrected chi connectivity index (χ3v) is 2.96. The number of methoxy groups -OCH3 is 1. The molecule has 2 rings (SSSR count). The maximum absolute atomic E-state index is 12.3. The summed E-state index contributed by atoms with van der Waals surface area (Å²) >= 11 is 3.32. The number of anilines is 1. The van der Waals surface area contributed by atoms with E-state index in [2.05, 4.69) is 20.9 Å². The van der Waals surface area contributed by atoms with E-state index in [1.807, 2.05) is 0 Å². The van der Waals surface area contributed by atoms with Gasteiger partial charge in [-0.3, -0.25) is 9.78 Å². The summed E-state index contributed by atoms with van der Waals surface area (Å²) in [5, 5.41) is 0. The third-order valence-electron chi connectivity index (χ3n) is 2.47. The second kappa shape index (κ2) is 5.18. The highest BCUT2D eigenvalue weighted by atomic mass is 79.9. The lowest BCUT2D eigenvalue weighted by Gasteiger charge is -2.06. The fourth-order valence-corrected chi connectivity index (χ4v) is 1.90. The first-order valence-electron chi connectivity index (χ1n) is 5.20. The number of benzene rings is 1. The van der Waals surface area contributed by atoms with E-state index in [1.54, 1.807) is 30.5 Å². The topological polar surface area (TPSA) is 65.2 Å². The van der Waals surface area contributed by atoms with Gasteiger partial charge in [0.25, 0.3) is 0 Å². The van der Waals surface area contributed by atoms with Crippen molar-refractivity contribution in [2.75, 3.05) is 12.8 Å². The predicted octanol–water partition coefficient (Wildman–Crippen LogP) is 2.67. The van der Waals surface area contributed by atoms with E-state index >= 15 is 0 Å². The molecular formula is C13H11BrN2O2. The number of aromatic nitrogens is 1. The average Bonchev–Trinajstić information content (AvgIpc) is 2.41. The summed E-state index contributed by atoms with van der Waals surface area (Å²) in [7, 11) is 1.53. The van der Waals surface area contributed by atoms with Crippen molar-refractivity contribution in [3.8, 4) is 5.75 Å². The number of carbonyl (C=O) groups is 1. The van der Waals surface area contributed by atoms with E-state index in [-0.39, 0.29) is 5.78 Å². The Labute approximate surface area is 113 Å². The van der Waals surface area contributed by atoms with Gasteiger partial charge in [-0.15, -0.1) is 0 Å². The van der Waals surface area contributed by atoms with Crippen molar-refractivity contribution < 1.29 is 9.53 Å². The quantitative estimate of drug-likeness (QED) is 0.699. The van der Waals surface area contributed by atoms with Crippen molar-refractivity contribution in [3.05, 3.63) is 52.3 Å². The molecule has 1 heterocycles. The van der Waals surface area contributed by atoms with Crippen LogP contribution in [0.3, 0.4) is 0 Å². The van der Waals surface area contributed by atoms with Crippen molar-refractivity contribution in [3.63, 3.8) is 0 Å². The van der Waals surface area contributed by atoms with Crippen molar-refractivity contribution in [1.82, 2.24) is 4.98 Å². The number of hydrogen-bond acceptors (Lipinski definition) is 4. The number of nitrogens with zero attached hydrogens (tertiary/aromatic N) is 1. The van der Waals surface area contributed by atoms with Gasteiger partial charge >= 0.3 is 0 Å². The third kappa shape index (κ3) is 2.51. The number of carbonyl (C=O) groups excluding carboxylic acids is 1. The van der Waals surface area contributed by atoms with Crippen LogP contribution in [0.25, 0.3) is 0 Å². The zero-order valence-corrected chi connectivity index (χ0v) is 11.3. The van der Waals surface area contributed by atoms with E-state index < -0.39 is 0 Å². The maximum atomic E-state index is 12.3. The molecule has 0 spiro atoms. The average molecular weight is 307 g/mol. The van der Waals surface area contributed by atoms with Gasteiger partial charge in [-0.2, -0.15) is 0 Å². The molecule has 0 amide bonds. The Morgan fingerprint density at radius 1 is 1.33 bits per heavy atom. The molecule has 0 aliphatic rings. The summed E-state index contributed by atoms with van der Waals surface area (Å²) in [6.07, 6.45) is 3.03. The molecule has 5 heteroatoms. The molecule has 2 aromatic rings. The van der Waals surface area contributed by atoms with E-state index in [0.29, 0.717) is 22.6 Å². The van der Waals surface area contributed by atoms with Crippen molar-refractivity contribution >= 4 is 27.4 Å². The molecule has 4 nitrogen and oxygen atoms in total. The molecule has 1 aromatic heterocycles. The van der Waals surface area contributed by atoms with E-state index in [4.69, 9.17) is 10.5 Å². The van der Waals surface area contributed by atoms with Crippen LogP contribution in [0.4, 0.5) is 5.69 Å². The number of ketones is 1. The summed E-state index contributed by atoms with van der Waals surface area (Å²) in [6, 6.07) is 6.80. The highest BCUT2D eigenvalue weighted by Crippen LogP contribution is 2.22. The summed E-state index contributed by atoms with van der Waals surface area (Å²) in [6.45, 7) is 0. The number of hydrogen-bond donors (Lipinski definition) is 1. The molecule has 0 fully saturated rings. The number of rotatable bonds is 3. The molecule has 0 atom stereocenters. The Kier molecular flexibility index (Phi) is 3.62. The smallest absolute Gasteiger partial charge is 0.196 e. The molecule has 18 heavy (non-hydrogen) atoms. The first-order valence-corrected chi connectivity index (χ1v) is 6.00. The van der Waals surface area contributed by atoms with Crippen LogP contribution < -0.4 is 10.5 Å². The Morgan fingerprint density at radius 3 is 2.83 bits per heavy atom. The lowest BCUT2D eigenvalue weighted by molar-refractivity contribution is 0.103. The first kappa shape index (κ1) is 12.6. The van der Waals surface area contributed by atoms with E-state index in [1.165, 1.54) is 13.3 Å². The van der Waals surface area contributed by atoms with Gasteiger partial charge < -0.3 is 10.5 Å². The SMILES string of the molecule is COc1cncc(C(=O)c2cc(Br)ccc2N)c1. The Hall–Kier alpha value is -1.88. The molecule has 1 aromatic carbocycles. The zero-order chi connectivity index (χ0) is 13.1. The van der Waals surface area contributed by atoms with E-state index in [0.717, 1.165) is 4.47 Å². The summed E-state index contributed by atoms with van der Waals surface area (Å²) < 4.78 is 5.84. The minimum atomic E-state index is -0.180. The number of ether oxygens (including phenoxy) is 1. The van der Waals surface area contributed by atoms with Gasteiger partial charge in [-0.05, 0) is 24.3 Å². The molecule has 0 bridgehead atoms. The monoisotopic (exact) mass is 306 g/mol. The molecule has 0 unspecified atom stereocenters. The number of nitrogen functional groups attached to an aromatic ring is 1. The zero-order valence-electron chi connectivity index (χ0n) is 9.68. The molecule has 0 radical (unpaired) electrons. The number of halogens is 1. The molecule has 0 saturated carbocycles. The molecule has 92 valence electrons. The Balaban J connectivity index is 2.44. The van der Waals surface area contributed by atoms with E-state index in [9.17, 15) is 4.79 Å². The van der Waals surface area contributed by atoms with Crippen molar-refractivity contribution in [1.29, 1.82) is 0 Å². The normalized spacial score (nSPS) is 10.1. The van der Waals surface area contributed by atoms with Crippen LogP contribution >= 0.6 is 15.9 Å². The summed E-state index contributed by atoms with van der Waals surface area (Å²) in [5.74, 6) is 0.356. The summed E-state index contributed by atoms with van der Waals surface area (Å²) in [5.41, 5.74) is 7.13. The van der Waals surface area contributed by atoms with Crippen LogP contribution in [0, 0.1) is 0 Å². The number of pyridine rings is 1. The molecular weight excluding hydrogens is 296 g/mol. The van der Waals surface area contributed by atoms with Gasteiger partial charge in [-0.1, -0.05) is 15.9 Å². The fraction of sp³-hybridized carbons (Fsp3) is 0.0769. The second-order valence-electron chi connectivity index (χ2n) is 3.67. The molecule has 0 aliphatic heterocycles. The summed E-state index contributed by atoms with van der Waals surface area (Å²) in [4.78, 5) is 16.2. The lowest BCUT2D eigenvalue weighted by atomic mass is 10.0. The van der Waals surface area contributed by atoms with Gasteiger partial charge in [0.2, 0.25) is 0 Å². The maximum Gasteiger partial charge on any atom is 0.196 e. The van der Waals surface area contributed by atoms with Crippen LogP contribution in [0.5, 0.6) is 5.75 Å². The van der Waals surface area contributed by atoms with Crippen LogP contribution in [0.2, 0.25) is 0 Å². The molecule has 2 N–H and O–H groups in total. The van der Waals surface area contributed by atoms with Crippen LogP contribution in [0.1, 0.15) is 15.9 Å². The lowest BCUT2D eigenvalue weighted by Crippen LogP contribution is -2.06. The van der Waals surface area contributed by atoms with Gasteiger partial charge in [0.05, 0.1) is 13.3 Å². The second-order valence-corrected chi connectivity index (χ2v) is 4.59. The Morgan fingerprint density at radius 2 is 2.11 bits per heavy atom. The predicted molar refractivity (Wildman–Crippen MR) is 72.8 cm³/mol. The highest BCUT2D eigenvalue weighted by Gasteiger charge is 2.13. The highest BCUT2D eigenvalue weighted by molar-refractivity contribution is 9.10. The van der Waals surface area contributed by atoms with Gasteiger partial charge in [0.1, 0.15) is 5.75 Å². The van der Waals surface area contributed by atoms with Crippen molar-refractivity contribution in [2.45, 2.75) is 0 Å². The number of nitrogens with two attached hydrogens (primary N) is 1. The van der Waals surface area contributed by atoms with Crippen LogP contribution in [0.15, 0.2) is 41.1 Å². The minimum absolute atomic E-state index is 0.180. The molecule has 0 saturated heterocycles. The van der Waals surface area contributed by atoms with Crippen LogP contribution in [-0.4, -0.2) is 17.9 Å². The van der Waals surface area contributed by atoms with Gasteiger partial charge in [0.15, 0.2) is 5.78 Å². The largest absolute Gasteiger partial charge is 0.495 e. The Bertz CT molecular complexity index is 599. The van der Waals surface area contributed by atoms with Gasteiger partial charge in [-0.25, -0.2) is 0 Å². The fourth-order valence-electron chi connectivity index (χ4n) is 1.54. The standard InChI is InChI=1S/C13H11BrN2O2/c1-18-10-4-8(6-16-7-10)13(17)11-5-9(14)2-3-12(11)15/h2-7H,15H2,1H3. The minimum Gasteiger partial charge on any atom is -0.495 e. The first-order chi connectivity index (χ1) is 8.61. The van der Waals surface area contributed by atoms with Crippen molar-refractivity contribution in [2.24, 2.45) is 0 Å². The van der Waals surface area contributed by atoms with Gasteiger partial charge in [0, 0.05) is 27.5 Å².